The number of morpholine rings is 1. The van der Waals surface area contributed by atoms with Crippen molar-refractivity contribution >= 4 is 11.7 Å². The molecule has 2 rings (SSSR count). The summed E-state index contributed by atoms with van der Waals surface area (Å²) < 4.78 is 10.4. The topological polar surface area (TPSA) is 75.2 Å². The molecule has 6 heteroatoms. The Morgan fingerprint density at radius 2 is 2.00 bits per heavy atom. The average Bonchev–Trinajstić information content (AvgIpc) is 2.50. The highest BCUT2D eigenvalue weighted by Crippen LogP contribution is 2.02. The van der Waals surface area contributed by atoms with Crippen molar-refractivity contribution < 1.29 is 19.1 Å². The molecule has 1 aliphatic heterocycles. The molecule has 0 saturated carbocycles. The number of rotatable bonds is 5. The third-order valence-corrected chi connectivity index (χ3v) is 3.08. The average molecular weight is 275 g/mol. The first-order valence-electron chi connectivity index (χ1n) is 6.56. The van der Waals surface area contributed by atoms with Crippen molar-refractivity contribution in [2.75, 3.05) is 39.5 Å². The second-order valence-corrected chi connectivity index (χ2v) is 4.40. The fourth-order valence-corrected chi connectivity index (χ4v) is 1.97. The van der Waals surface area contributed by atoms with E-state index in [0.717, 1.165) is 13.1 Å². The maximum Gasteiger partial charge on any atom is 0.422 e. The number of nitrogens with zero attached hydrogens (tertiary/aromatic N) is 3. The number of carbonyl (C=O) groups excluding carboxylic acids is 1. The van der Waals surface area contributed by atoms with Crippen LogP contribution in [-0.4, -0.2) is 60.8 Å². The fourth-order valence-electron chi connectivity index (χ4n) is 1.97. The van der Waals surface area contributed by atoms with E-state index in [-0.39, 0.29) is 12.3 Å². The molecule has 0 radical (unpaired) electrons. The third kappa shape index (κ3) is 3.99. The Balaban J connectivity index is 1.83. The molecule has 20 heavy (non-hydrogen) atoms. The second-order valence-electron chi connectivity index (χ2n) is 4.40. The van der Waals surface area contributed by atoms with Gasteiger partial charge >= 0.3 is 11.7 Å². The molecule has 0 atom stereocenters. The van der Waals surface area contributed by atoms with E-state index < -0.39 is 5.97 Å². The van der Waals surface area contributed by atoms with E-state index in [0.29, 0.717) is 25.3 Å². The summed E-state index contributed by atoms with van der Waals surface area (Å²) in [6, 6.07) is 8.74. The van der Waals surface area contributed by atoms with Gasteiger partial charge in [0, 0.05) is 19.6 Å². The predicted molar refractivity (Wildman–Crippen MR) is 72.4 cm³/mol. The molecule has 1 aliphatic rings. The monoisotopic (exact) mass is 275 g/mol. The van der Waals surface area contributed by atoms with Crippen molar-refractivity contribution in [1.29, 1.82) is 0 Å². The molecule has 1 aromatic carbocycles. The first-order valence-corrected chi connectivity index (χ1v) is 6.56. The van der Waals surface area contributed by atoms with Crippen LogP contribution >= 0.6 is 0 Å². The van der Waals surface area contributed by atoms with Crippen molar-refractivity contribution in [2.45, 2.75) is 0 Å². The minimum Gasteiger partial charge on any atom is -0.455 e. The van der Waals surface area contributed by atoms with Gasteiger partial charge in [-0.3, -0.25) is 4.90 Å². The summed E-state index contributed by atoms with van der Waals surface area (Å²) in [5, 5.41) is 0. The van der Waals surface area contributed by atoms with Crippen LogP contribution < -0.4 is 0 Å². The summed E-state index contributed by atoms with van der Waals surface area (Å²) >= 11 is 0. The molecule has 0 spiro atoms. The van der Waals surface area contributed by atoms with E-state index in [1.807, 2.05) is 6.07 Å². The van der Waals surface area contributed by atoms with E-state index in [4.69, 9.17) is 15.0 Å². The molecular formula is C14H17N3O3. The summed E-state index contributed by atoms with van der Waals surface area (Å²) in [4.78, 5) is 17.1. The molecule has 0 aliphatic carbocycles. The number of benzene rings is 1. The largest absolute Gasteiger partial charge is 0.455 e. The van der Waals surface area contributed by atoms with Crippen LogP contribution in [0.3, 0.4) is 0 Å². The van der Waals surface area contributed by atoms with Gasteiger partial charge in [0.2, 0.25) is 0 Å². The Bertz CT molecular complexity index is 492. The van der Waals surface area contributed by atoms with Crippen molar-refractivity contribution in [3.8, 4) is 0 Å². The summed E-state index contributed by atoms with van der Waals surface area (Å²) in [5.74, 6) is -0.619. The van der Waals surface area contributed by atoms with Crippen LogP contribution in [0.2, 0.25) is 0 Å². The zero-order valence-corrected chi connectivity index (χ0v) is 11.2. The van der Waals surface area contributed by atoms with Gasteiger partial charge in [-0.1, -0.05) is 18.2 Å². The minimum absolute atomic E-state index is 0.0763. The SMILES string of the molecule is [N-]=[N+]=C(C(=O)OCCN1CCOCC1)c1ccccc1. The van der Waals surface area contributed by atoms with Crippen molar-refractivity contribution in [3.63, 3.8) is 0 Å². The highest BCUT2D eigenvalue weighted by atomic mass is 16.5. The maximum absolute atomic E-state index is 11.9. The number of hydrogen-bond donors (Lipinski definition) is 0. The van der Waals surface area contributed by atoms with E-state index in [1.54, 1.807) is 24.3 Å². The van der Waals surface area contributed by atoms with Gasteiger partial charge in [-0.2, -0.15) is 4.79 Å². The lowest BCUT2D eigenvalue weighted by molar-refractivity contribution is -0.140. The lowest BCUT2D eigenvalue weighted by Crippen LogP contribution is -2.38. The molecule has 0 bridgehead atoms. The third-order valence-electron chi connectivity index (χ3n) is 3.08. The molecule has 0 N–H and O–H groups in total. The van der Waals surface area contributed by atoms with E-state index in [2.05, 4.69) is 9.69 Å². The van der Waals surface area contributed by atoms with Crippen LogP contribution in [0.1, 0.15) is 5.56 Å². The van der Waals surface area contributed by atoms with E-state index in [9.17, 15) is 4.79 Å². The molecule has 0 amide bonds. The first kappa shape index (κ1) is 14.4. The molecule has 6 nitrogen and oxygen atoms in total. The minimum atomic E-state index is -0.619. The molecule has 106 valence electrons. The summed E-state index contributed by atoms with van der Waals surface area (Å²) in [6.45, 7) is 4.03. The Morgan fingerprint density at radius 1 is 1.30 bits per heavy atom. The molecular weight excluding hydrogens is 258 g/mol. The van der Waals surface area contributed by atoms with Gasteiger partial charge in [0.25, 0.3) is 0 Å². The van der Waals surface area contributed by atoms with Crippen LogP contribution in [0.4, 0.5) is 0 Å². The number of esters is 1. The van der Waals surface area contributed by atoms with Gasteiger partial charge in [0.05, 0.1) is 18.8 Å². The zero-order valence-electron chi connectivity index (χ0n) is 11.2. The molecule has 1 fully saturated rings. The highest BCUT2D eigenvalue weighted by molar-refractivity contribution is 6.40. The van der Waals surface area contributed by atoms with Gasteiger partial charge in [-0.05, 0) is 12.1 Å². The second kappa shape index (κ2) is 7.55. The standard InChI is InChI=1S/C14H17N3O3/c15-16-13(12-4-2-1-3-5-12)14(18)20-11-8-17-6-9-19-10-7-17/h1-5H,6-11H2. The summed E-state index contributed by atoms with van der Waals surface area (Å²) in [5.41, 5.74) is 9.42. The summed E-state index contributed by atoms with van der Waals surface area (Å²) in [6.07, 6.45) is 0. The molecule has 1 aromatic rings. The van der Waals surface area contributed by atoms with Crippen molar-refractivity contribution in [3.05, 3.63) is 41.4 Å². The zero-order chi connectivity index (χ0) is 14.2. The van der Waals surface area contributed by atoms with Gasteiger partial charge < -0.3 is 15.0 Å². The summed E-state index contributed by atoms with van der Waals surface area (Å²) in [7, 11) is 0. The van der Waals surface area contributed by atoms with Gasteiger partial charge in [-0.25, -0.2) is 4.79 Å². The van der Waals surface area contributed by atoms with E-state index >= 15 is 0 Å². The van der Waals surface area contributed by atoms with Gasteiger partial charge in [0.15, 0.2) is 0 Å². The Hall–Kier alpha value is -2.01. The molecule has 1 heterocycles. The van der Waals surface area contributed by atoms with Gasteiger partial charge in [0.1, 0.15) is 6.61 Å². The Morgan fingerprint density at radius 3 is 2.65 bits per heavy atom. The first-order chi connectivity index (χ1) is 9.81. The predicted octanol–water partition coefficient (Wildman–Crippen LogP) is 0.581. The maximum atomic E-state index is 11.9. The van der Waals surface area contributed by atoms with Crippen LogP contribution in [0.25, 0.3) is 5.53 Å². The van der Waals surface area contributed by atoms with Crippen molar-refractivity contribution in [2.24, 2.45) is 0 Å². The molecule has 0 unspecified atom stereocenters. The van der Waals surface area contributed by atoms with Crippen LogP contribution in [0, 0.1) is 0 Å². The van der Waals surface area contributed by atoms with E-state index in [1.165, 1.54) is 0 Å². The van der Waals surface area contributed by atoms with Crippen LogP contribution in [0.5, 0.6) is 0 Å². The van der Waals surface area contributed by atoms with Crippen LogP contribution in [-0.2, 0) is 14.3 Å². The number of ether oxygens (including phenoxy) is 2. The highest BCUT2D eigenvalue weighted by Gasteiger charge is 2.24. The smallest absolute Gasteiger partial charge is 0.422 e. The lowest BCUT2D eigenvalue weighted by atomic mass is 10.1. The van der Waals surface area contributed by atoms with Crippen LogP contribution in [0.15, 0.2) is 30.3 Å². The number of hydrogen-bond acceptors (Lipinski definition) is 4. The lowest BCUT2D eigenvalue weighted by Gasteiger charge is -2.25. The fraction of sp³-hybridized carbons (Fsp3) is 0.429. The normalized spacial score (nSPS) is 15.4. The Kier molecular flexibility index (Phi) is 5.43. The van der Waals surface area contributed by atoms with Crippen molar-refractivity contribution in [1.82, 2.24) is 4.90 Å². The Labute approximate surface area is 117 Å². The molecule has 0 aromatic heterocycles. The van der Waals surface area contributed by atoms with Gasteiger partial charge in [-0.15, -0.1) is 0 Å². The number of carbonyl (C=O) groups is 1. The quantitative estimate of drug-likeness (QED) is 0.341. The molecule has 1 saturated heterocycles.